The molecule has 0 aromatic heterocycles. The predicted octanol–water partition coefficient (Wildman–Crippen LogP) is 5.03. The fraction of sp³-hybridized carbons (Fsp3) is 0.133. The quantitative estimate of drug-likeness (QED) is 0.827. The third-order valence-corrected chi connectivity index (χ3v) is 3.27. The molecular weight excluding hydrogens is 354 g/mol. The van der Waals surface area contributed by atoms with Crippen LogP contribution in [0.5, 0.6) is 5.75 Å². The number of hydrogen-bond donors (Lipinski definition) is 1. The second-order valence-electron chi connectivity index (χ2n) is 4.49. The zero-order chi connectivity index (χ0) is 17.0. The highest BCUT2D eigenvalue weighted by Gasteiger charge is 2.30. The molecule has 0 aliphatic heterocycles. The van der Waals surface area contributed by atoms with Gasteiger partial charge in [0.2, 0.25) is 0 Å². The molecule has 0 atom stereocenters. The van der Waals surface area contributed by atoms with E-state index in [2.05, 4.69) is 5.32 Å². The molecule has 0 unspecified atom stereocenters. The second-order valence-corrected chi connectivity index (χ2v) is 5.33. The van der Waals surface area contributed by atoms with Gasteiger partial charge in [-0.1, -0.05) is 29.3 Å². The first-order valence-corrected chi connectivity index (χ1v) is 7.06. The van der Waals surface area contributed by atoms with E-state index in [-0.39, 0.29) is 16.5 Å². The van der Waals surface area contributed by atoms with Gasteiger partial charge in [0.05, 0.1) is 10.6 Å². The Morgan fingerprint density at radius 2 is 1.87 bits per heavy atom. The highest BCUT2D eigenvalue weighted by Crippen LogP contribution is 2.31. The lowest BCUT2D eigenvalue weighted by Crippen LogP contribution is -2.20. The summed E-state index contributed by atoms with van der Waals surface area (Å²) >= 11 is 11.6. The summed E-state index contributed by atoms with van der Waals surface area (Å²) in [7, 11) is 0. The first kappa shape index (κ1) is 17.4. The minimum Gasteiger partial charge on any atom is -0.482 e. The van der Waals surface area contributed by atoms with E-state index in [4.69, 9.17) is 27.9 Å². The van der Waals surface area contributed by atoms with E-state index < -0.39 is 24.3 Å². The topological polar surface area (TPSA) is 38.3 Å². The summed E-state index contributed by atoms with van der Waals surface area (Å²) in [5.41, 5.74) is -0.834. The molecule has 0 aliphatic carbocycles. The molecule has 1 amide bonds. The fourth-order valence-corrected chi connectivity index (χ4v) is 2.04. The van der Waals surface area contributed by atoms with E-state index in [0.717, 1.165) is 12.1 Å². The summed E-state index contributed by atoms with van der Waals surface area (Å²) in [4.78, 5) is 11.7. The van der Waals surface area contributed by atoms with Gasteiger partial charge in [-0.25, -0.2) is 0 Å². The number of hydrogen-bond acceptors (Lipinski definition) is 2. The van der Waals surface area contributed by atoms with Crippen molar-refractivity contribution in [3.05, 3.63) is 58.1 Å². The maximum absolute atomic E-state index is 12.6. The Hall–Kier alpha value is -1.92. The number of nitrogens with one attached hydrogen (secondary N) is 1. The number of benzene rings is 2. The second kappa shape index (κ2) is 7.10. The highest BCUT2D eigenvalue weighted by molar-refractivity contribution is 6.34. The van der Waals surface area contributed by atoms with Crippen LogP contribution in [-0.2, 0) is 11.0 Å². The molecule has 2 rings (SSSR count). The molecule has 2 aromatic carbocycles. The maximum atomic E-state index is 12.6. The number of alkyl halides is 3. The van der Waals surface area contributed by atoms with E-state index in [9.17, 15) is 18.0 Å². The Kier molecular flexibility index (Phi) is 5.38. The van der Waals surface area contributed by atoms with Gasteiger partial charge in [-0.15, -0.1) is 0 Å². The van der Waals surface area contributed by atoms with Crippen LogP contribution >= 0.6 is 23.2 Å². The first-order chi connectivity index (χ1) is 10.8. The average molecular weight is 364 g/mol. The van der Waals surface area contributed by atoms with E-state index in [1.165, 1.54) is 24.3 Å². The molecule has 0 saturated heterocycles. The van der Waals surface area contributed by atoms with Crippen molar-refractivity contribution in [3.8, 4) is 5.75 Å². The van der Waals surface area contributed by atoms with Crippen LogP contribution in [0.4, 0.5) is 18.9 Å². The summed E-state index contributed by atoms with van der Waals surface area (Å²) in [6, 6.07) is 8.79. The standard InChI is InChI=1S/C15H10Cl2F3NO2/c16-10-4-5-12(17)13(7-10)23-8-14(22)21-11-3-1-2-9(6-11)15(18,19)20/h1-7H,8H2,(H,21,22). The number of halogens is 5. The molecule has 0 bridgehead atoms. The number of anilines is 1. The normalized spacial score (nSPS) is 11.2. The van der Waals surface area contributed by atoms with Crippen molar-refractivity contribution >= 4 is 34.8 Å². The molecule has 122 valence electrons. The van der Waals surface area contributed by atoms with Crippen LogP contribution in [0.25, 0.3) is 0 Å². The van der Waals surface area contributed by atoms with Crippen molar-refractivity contribution in [3.63, 3.8) is 0 Å². The number of carbonyl (C=O) groups is 1. The lowest BCUT2D eigenvalue weighted by Gasteiger charge is -2.11. The average Bonchev–Trinajstić information content (AvgIpc) is 2.47. The van der Waals surface area contributed by atoms with Gasteiger partial charge in [0, 0.05) is 16.8 Å². The monoisotopic (exact) mass is 363 g/mol. The largest absolute Gasteiger partial charge is 0.482 e. The Bertz CT molecular complexity index is 720. The van der Waals surface area contributed by atoms with E-state index >= 15 is 0 Å². The highest BCUT2D eigenvalue weighted by atomic mass is 35.5. The number of rotatable bonds is 4. The summed E-state index contributed by atoms with van der Waals surface area (Å²) < 4.78 is 43.0. The summed E-state index contributed by atoms with van der Waals surface area (Å²) in [5.74, 6) is -0.418. The molecule has 3 nitrogen and oxygen atoms in total. The lowest BCUT2D eigenvalue weighted by molar-refractivity contribution is -0.137. The predicted molar refractivity (Wildman–Crippen MR) is 82.0 cm³/mol. The molecule has 0 saturated carbocycles. The van der Waals surface area contributed by atoms with E-state index in [1.807, 2.05) is 0 Å². The van der Waals surface area contributed by atoms with Crippen molar-refractivity contribution in [2.24, 2.45) is 0 Å². The number of carbonyl (C=O) groups excluding carboxylic acids is 1. The van der Waals surface area contributed by atoms with Crippen molar-refractivity contribution in [1.82, 2.24) is 0 Å². The van der Waals surface area contributed by atoms with Gasteiger partial charge in [0.1, 0.15) is 5.75 Å². The van der Waals surface area contributed by atoms with Crippen molar-refractivity contribution in [2.45, 2.75) is 6.18 Å². The summed E-state index contributed by atoms with van der Waals surface area (Å²) in [6.45, 7) is -0.420. The molecule has 2 aromatic rings. The van der Waals surface area contributed by atoms with Crippen LogP contribution in [-0.4, -0.2) is 12.5 Å². The number of amides is 1. The molecule has 0 spiro atoms. The molecular formula is C15H10Cl2F3NO2. The molecule has 23 heavy (non-hydrogen) atoms. The van der Waals surface area contributed by atoms with Gasteiger partial charge < -0.3 is 10.1 Å². The minimum atomic E-state index is -4.48. The number of ether oxygens (including phenoxy) is 1. The molecule has 0 fully saturated rings. The molecule has 1 N–H and O–H groups in total. The zero-order valence-corrected chi connectivity index (χ0v) is 13.0. The van der Waals surface area contributed by atoms with Gasteiger partial charge in [0.25, 0.3) is 5.91 Å². The first-order valence-electron chi connectivity index (χ1n) is 6.30. The molecule has 0 aliphatic rings. The molecule has 0 radical (unpaired) electrons. The summed E-state index contributed by atoms with van der Waals surface area (Å²) in [6.07, 6.45) is -4.48. The van der Waals surface area contributed by atoms with E-state index in [1.54, 1.807) is 6.07 Å². The Morgan fingerprint density at radius 1 is 1.13 bits per heavy atom. The van der Waals surface area contributed by atoms with Crippen LogP contribution in [0, 0.1) is 0 Å². The Morgan fingerprint density at radius 3 is 2.57 bits per heavy atom. The van der Waals surface area contributed by atoms with Gasteiger partial charge in [-0.2, -0.15) is 13.2 Å². The third-order valence-electron chi connectivity index (χ3n) is 2.73. The zero-order valence-electron chi connectivity index (χ0n) is 11.5. The lowest BCUT2D eigenvalue weighted by atomic mass is 10.2. The van der Waals surface area contributed by atoms with Gasteiger partial charge in [-0.3, -0.25) is 4.79 Å². The molecule has 8 heteroatoms. The molecule has 0 heterocycles. The van der Waals surface area contributed by atoms with E-state index in [0.29, 0.717) is 5.02 Å². The van der Waals surface area contributed by atoms with Gasteiger partial charge >= 0.3 is 6.18 Å². The third kappa shape index (κ3) is 5.04. The van der Waals surface area contributed by atoms with Crippen LogP contribution in [0.1, 0.15) is 5.56 Å². The Balaban J connectivity index is 1.99. The maximum Gasteiger partial charge on any atom is 0.416 e. The SMILES string of the molecule is O=C(COc1cc(Cl)ccc1Cl)Nc1cccc(C(F)(F)F)c1. The summed E-state index contributed by atoms with van der Waals surface area (Å²) in [5, 5.41) is 2.96. The van der Waals surface area contributed by atoms with Gasteiger partial charge in [0.15, 0.2) is 6.61 Å². The van der Waals surface area contributed by atoms with Crippen LogP contribution in [0.15, 0.2) is 42.5 Å². The van der Waals surface area contributed by atoms with Crippen molar-refractivity contribution in [1.29, 1.82) is 0 Å². The fourth-order valence-electron chi connectivity index (χ4n) is 1.70. The smallest absolute Gasteiger partial charge is 0.416 e. The van der Waals surface area contributed by atoms with Crippen LogP contribution in [0.3, 0.4) is 0 Å². The van der Waals surface area contributed by atoms with Gasteiger partial charge in [-0.05, 0) is 30.3 Å². The minimum absolute atomic E-state index is 0.0191. The van der Waals surface area contributed by atoms with Crippen molar-refractivity contribution < 1.29 is 22.7 Å². The Labute approximate surface area is 140 Å². The van der Waals surface area contributed by atoms with Crippen molar-refractivity contribution in [2.75, 3.05) is 11.9 Å². The van der Waals surface area contributed by atoms with Crippen LogP contribution in [0.2, 0.25) is 10.0 Å². The van der Waals surface area contributed by atoms with Crippen LogP contribution < -0.4 is 10.1 Å².